The van der Waals surface area contributed by atoms with E-state index in [1.54, 1.807) is 0 Å². The van der Waals surface area contributed by atoms with Crippen LogP contribution in [0.2, 0.25) is 13.1 Å². The van der Waals surface area contributed by atoms with Crippen molar-refractivity contribution in [3.05, 3.63) is 0 Å². The Morgan fingerprint density at radius 2 is 1.90 bits per heavy atom. The third-order valence-corrected chi connectivity index (χ3v) is 5.08. The number of hydrogen-bond acceptors (Lipinski definition) is 2. The Labute approximate surface area is 64.9 Å². The maximum Gasteiger partial charge on any atom is 0.202 e. The summed E-state index contributed by atoms with van der Waals surface area (Å²) in [6.45, 7) is 9.28. The largest absolute Gasteiger partial charge is 0.416 e. The van der Waals surface area contributed by atoms with E-state index in [0.717, 1.165) is 13.0 Å². The highest BCUT2D eigenvalue weighted by Gasteiger charge is 2.28. The Hall–Kier alpha value is 0.137. The van der Waals surface area contributed by atoms with Gasteiger partial charge in [0.05, 0.1) is 0 Å². The van der Waals surface area contributed by atoms with Gasteiger partial charge in [0.1, 0.15) is 0 Å². The van der Waals surface area contributed by atoms with E-state index in [0.29, 0.717) is 0 Å². The molecule has 1 unspecified atom stereocenters. The van der Waals surface area contributed by atoms with Crippen molar-refractivity contribution >= 4 is 8.32 Å². The van der Waals surface area contributed by atoms with E-state index in [2.05, 4.69) is 20.0 Å². The summed E-state index contributed by atoms with van der Waals surface area (Å²) in [5.41, 5.74) is 6.16. The predicted molar refractivity (Wildman–Crippen MR) is 47.4 cm³/mol. The van der Waals surface area contributed by atoms with Gasteiger partial charge in [0.15, 0.2) is 0 Å². The molecule has 0 aliphatic carbocycles. The highest BCUT2D eigenvalue weighted by molar-refractivity contribution is 6.72. The van der Waals surface area contributed by atoms with Crippen LogP contribution in [0, 0.1) is 0 Å². The molecule has 0 bridgehead atoms. The first kappa shape index (κ1) is 10.1. The molecule has 0 aliphatic rings. The summed E-state index contributed by atoms with van der Waals surface area (Å²) in [6, 6.07) is 0. The van der Waals surface area contributed by atoms with E-state index in [9.17, 15) is 0 Å². The van der Waals surface area contributed by atoms with Crippen molar-refractivity contribution in [2.45, 2.75) is 39.0 Å². The molecule has 0 saturated heterocycles. The van der Waals surface area contributed by atoms with Crippen LogP contribution < -0.4 is 5.73 Å². The van der Waals surface area contributed by atoms with Crippen LogP contribution in [0.15, 0.2) is 0 Å². The molecule has 2 nitrogen and oxygen atoms in total. The lowest BCUT2D eigenvalue weighted by Gasteiger charge is -2.27. The standard InChI is InChI=1S/C7H19NOSi/c1-5-7(8)10(3,4)9-6-2/h7H,5-6,8H2,1-4H3. The average Bonchev–Trinajstić information content (AvgIpc) is 1.86. The molecule has 0 rings (SSSR count). The van der Waals surface area contributed by atoms with Crippen LogP contribution in [0.25, 0.3) is 0 Å². The fourth-order valence-corrected chi connectivity index (χ4v) is 2.91. The number of rotatable bonds is 4. The Kier molecular flexibility index (Phi) is 4.16. The van der Waals surface area contributed by atoms with Crippen molar-refractivity contribution < 1.29 is 4.43 Å². The highest BCUT2D eigenvalue weighted by Crippen LogP contribution is 2.10. The van der Waals surface area contributed by atoms with E-state index in [-0.39, 0.29) is 5.67 Å². The van der Waals surface area contributed by atoms with Gasteiger partial charge in [-0.2, -0.15) is 0 Å². The minimum atomic E-state index is -1.53. The average molecular weight is 161 g/mol. The van der Waals surface area contributed by atoms with E-state index in [1.165, 1.54) is 0 Å². The third-order valence-electron chi connectivity index (χ3n) is 1.85. The van der Waals surface area contributed by atoms with Gasteiger partial charge in [-0.15, -0.1) is 0 Å². The Balaban J connectivity index is 3.82. The summed E-state index contributed by atoms with van der Waals surface area (Å²) < 4.78 is 5.60. The van der Waals surface area contributed by atoms with Crippen molar-refractivity contribution in [1.82, 2.24) is 0 Å². The van der Waals surface area contributed by atoms with E-state index in [4.69, 9.17) is 10.2 Å². The topological polar surface area (TPSA) is 35.2 Å². The van der Waals surface area contributed by atoms with Crippen LogP contribution in [-0.4, -0.2) is 20.6 Å². The summed E-state index contributed by atoms with van der Waals surface area (Å²) in [7, 11) is -1.53. The van der Waals surface area contributed by atoms with Gasteiger partial charge in [0.2, 0.25) is 8.32 Å². The van der Waals surface area contributed by atoms with Crippen LogP contribution in [0.5, 0.6) is 0 Å². The third kappa shape index (κ3) is 2.81. The molecule has 1 atom stereocenters. The minimum Gasteiger partial charge on any atom is -0.416 e. The second kappa shape index (κ2) is 4.11. The van der Waals surface area contributed by atoms with Crippen molar-refractivity contribution in [1.29, 1.82) is 0 Å². The molecule has 3 heteroatoms. The lowest BCUT2D eigenvalue weighted by molar-refractivity contribution is 0.319. The van der Waals surface area contributed by atoms with Crippen LogP contribution in [0.1, 0.15) is 20.3 Å². The summed E-state index contributed by atoms with van der Waals surface area (Å²) in [4.78, 5) is 0. The molecule has 0 heterocycles. The summed E-state index contributed by atoms with van der Waals surface area (Å²) in [6.07, 6.45) is 1.03. The minimum absolute atomic E-state index is 0.285. The molecule has 0 amide bonds. The second-order valence-corrected chi connectivity index (χ2v) is 7.29. The van der Waals surface area contributed by atoms with Crippen molar-refractivity contribution in [3.63, 3.8) is 0 Å². The van der Waals surface area contributed by atoms with E-state index >= 15 is 0 Å². The molecule has 62 valence electrons. The van der Waals surface area contributed by atoms with Crippen LogP contribution >= 0.6 is 0 Å². The molecular weight excluding hydrogens is 142 g/mol. The zero-order chi connectivity index (χ0) is 8.20. The van der Waals surface area contributed by atoms with Crippen LogP contribution in [0.4, 0.5) is 0 Å². The van der Waals surface area contributed by atoms with Gasteiger partial charge >= 0.3 is 0 Å². The fraction of sp³-hybridized carbons (Fsp3) is 1.00. The molecule has 0 fully saturated rings. The normalized spacial score (nSPS) is 15.3. The maximum absolute atomic E-state index is 5.87. The van der Waals surface area contributed by atoms with Crippen molar-refractivity contribution in [2.75, 3.05) is 6.61 Å². The molecule has 0 spiro atoms. The first-order valence-corrected chi connectivity index (χ1v) is 6.92. The first-order valence-electron chi connectivity index (χ1n) is 3.94. The second-order valence-electron chi connectivity index (χ2n) is 3.05. The lowest BCUT2D eigenvalue weighted by atomic mass is 10.5. The smallest absolute Gasteiger partial charge is 0.202 e. The predicted octanol–water partition coefficient (Wildman–Crippen LogP) is 1.50. The van der Waals surface area contributed by atoms with E-state index < -0.39 is 8.32 Å². The van der Waals surface area contributed by atoms with Gasteiger partial charge < -0.3 is 10.2 Å². The SMILES string of the molecule is CCO[Si](C)(C)C(N)CC. The molecular formula is C7H19NOSi. The summed E-state index contributed by atoms with van der Waals surface area (Å²) in [5, 5.41) is 0. The zero-order valence-electron chi connectivity index (χ0n) is 7.48. The summed E-state index contributed by atoms with van der Waals surface area (Å²) in [5.74, 6) is 0. The van der Waals surface area contributed by atoms with Crippen molar-refractivity contribution in [2.24, 2.45) is 5.73 Å². The molecule has 0 aromatic carbocycles. The molecule has 0 saturated carbocycles. The monoisotopic (exact) mass is 161 g/mol. The van der Waals surface area contributed by atoms with Crippen molar-refractivity contribution in [3.8, 4) is 0 Å². The molecule has 0 aromatic rings. The molecule has 0 aliphatic heterocycles. The molecule has 2 N–H and O–H groups in total. The fourth-order valence-electron chi connectivity index (χ4n) is 0.971. The van der Waals surface area contributed by atoms with Crippen LogP contribution in [-0.2, 0) is 4.43 Å². The zero-order valence-corrected chi connectivity index (χ0v) is 8.48. The van der Waals surface area contributed by atoms with E-state index in [1.807, 2.05) is 6.92 Å². The van der Waals surface area contributed by atoms with Gasteiger partial charge in [-0.25, -0.2) is 0 Å². The van der Waals surface area contributed by atoms with Crippen LogP contribution in [0.3, 0.4) is 0 Å². The maximum atomic E-state index is 5.87. The molecule has 0 radical (unpaired) electrons. The number of hydrogen-bond donors (Lipinski definition) is 1. The highest BCUT2D eigenvalue weighted by atomic mass is 28.4. The first-order chi connectivity index (χ1) is 4.54. The van der Waals surface area contributed by atoms with Gasteiger partial charge in [-0.3, -0.25) is 0 Å². The Morgan fingerprint density at radius 3 is 2.20 bits per heavy atom. The summed E-state index contributed by atoms with van der Waals surface area (Å²) >= 11 is 0. The van der Waals surface area contributed by atoms with Gasteiger partial charge in [-0.05, 0) is 26.4 Å². The Morgan fingerprint density at radius 1 is 1.40 bits per heavy atom. The molecule has 10 heavy (non-hydrogen) atoms. The quantitative estimate of drug-likeness (QED) is 0.634. The van der Waals surface area contributed by atoms with Gasteiger partial charge in [-0.1, -0.05) is 6.92 Å². The molecule has 0 aromatic heterocycles. The number of nitrogens with two attached hydrogens (primary N) is 1. The Bertz CT molecular complexity index is 95.6. The lowest BCUT2D eigenvalue weighted by Crippen LogP contribution is -2.50. The van der Waals surface area contributed by atoms with Gasteiger partial charge in [0, 0.05) is 12.3 Å². The van der Waals surface area contributed by atoms with Gasteiger partial charge in [0.25, 0.3) is 0 Å².